The van der Waals surface area contributed by atoms with Gasteiger partial charge in [0.1, 0.15) is 11.9 Å². The second kappa shape index (κ2) is 9.51. The van der Waals surface area contributed by atoms with E-state index in [4.69, 9.17) is 4.74 Å². The maximum Gasteiger partial charge on any atom is 0.426 e. The molecule has 1 aliphatic rings. The lowest BCUT2D eigenvalue weighted by Crippen LogP contribution is -2.45. The number of fused-ring (bicyclic) bond motifs is 1. The first-order chi connectivity index (χ1) is 16.3. The highest BCUT2D eigenvalue weighted by atomic mass is 16.6. The number of aromatic nitrogens is 5. The SMILES string of the molecule is CC(C)(C)OC(=O)NNC(=O)n1ccc2c(-c3cnn([C@H](CC#N)C4CCCC4)c3)ncnc21. The number of amides is 2. The molecular weight excluding hydrogens is 436 g/mol. The Kier molecular flexibility index (Phi) is 6.49. The van der Waals surface area contributed by atoms with Crippen LogP contribution >= 0.6 is 0 Å². The van der Waals surface area contributed by atoms with Gasteiger partial charge in [-0.1, -0.05) is 12.8 Å². The van der Waals surface area contributed by atoms with Gasteiger partial charge in [-0.3, -0.25) is 9.25 Å². The molecule has 11 heteroatoms. The number of hydrogen-bond acceptors (Lipinski definition) is 7. The average molecular weight is 465 g/mol. The third kappa shape index (κ3) is 5.01. The summed E-state index contributed by atoms with van der Waals surface area (Å²) < 4.78 is 8.27. The van der Waals surface area contributed by atoms with Crippen LogP contribution in [0.2, 0.25) is 0 Å². The quantitative estimate of drug-likeness (QED) is 0.557. The minimum Gasteiger partial charge on any atom is -0.443 e. The van der Waals surface area contributed by atoms with Gasteiger partial charge in [-0.25, -0.2) is 30.4 Å². The zero-order chi connectivity index (χ0) is 24.3. The summed E-state index contributed by atoms with van der Waals surface area (Å²) in [6, 6.07) is 3.47. The molecule has 178 valence electrons. The maximum atomic E-state index is 12.6. The normalized spacial score (nSPS) is 15.1. The molecule has 0 unspecified atom stereocenters. The zero-order valence-electron chi connectivity index (χ0n) is 19.5. The van der Waals surface area contributed by atoms with Crippen LogP contribution in [-0.2, 0) is 4.74 Å². The minimum absolute atomic E-state index is 0.0351. The van der Waals surface area contributed by atoms with E-state index in [0.29, 0.717) is 29.1 Å². The second-order valence-electron chi connectivity index (χ2n) is 9.39. The molecule has 0 spiro atoms. The Balaban J connectivity index is 1.55. The van der Waals surface area contributed by atoms with E-state index in [0.717, 1.165) is 18.4 Å². The Bertz CT molecular complexity index is 1230. The van der Waals surface area contributed by atoms with Crippen molar-refractivity contribution in [3.8, 4) is 17.3 Å². The molecule has 2 amide bonds. The number of carbonyl (C=O) groups is 2. The first-order valence-electron chi connectivity index (χ1n) is 11.3. The summed E-state index contributed by atoms with van der Waals surface area (Å²) in [4.78, 5) is 33.1. The van der Waals surface area contributed by atoms with Gasteiger partial charge in [-0.15, -0.1) is 0 Å². The van der Waals surface area contributed by atoms with Gasteiger partial charge in [0, 0.05) is 23.3 Å². The zero-order valence-corrected chi connectivity index (χ0v) is 19.5. The number of hydrogen-bond donors (Lipinski definition) is 2. The summed E-state index contributed by atoms with van der Waals surface area (Å²) in [6.07, 6.45) is 10.8. The van der Waals surface area contributed by atoms with Gasteiger partial charge in [0.15, 0.2) is 5.65 Å². The van der Waals surface area contributed by atoms with E-state index in [1.165, 1.54) is 23.7 Å². The Morgan fingerprint density at radius 2 is 2.03 bits per heavy atom. The highest BCUT2D eigenvalue weighted by Crippen LogP contribution is 2.36. The van der Waals surface area contributed by atoms with Crippen molar-refractivity contribution in [2.24, 2.45) is 5.92 Å². The van der Waals surface area contributed by atoms with Gasteiger partial charge >= 0.3 is 12.1 Å². The third-order valence-electron chi connectivity index (χ3n) is 5.83. The molecule has 0 aromatic carbocycles. The van der Waals surface area contributed by atoms with Crippen LogP contribution < -0.4 is 10.9 Å². The molecule has 2 N–H and O–H groups in total. The number of hydrazine groups is 1. The predicted molar refractivity (Wildman–Crippen MR) is 123 cm³/mol. The summed E-state index contributed by atoms with van der Waals surface area (Å²) in [5, 5.41) is 14.5. The number of rotatable bonds is 4. The van der Waals surface area contributed by atoms with Crippen LogP contribution in [0.5, 0.6) is 0 Å². The number of carbonyl (C=O) groups excluding carboxylic acids is 2. The van der Waals surface area contributed by atoms with Gasteiger partial charge in [-0.2, -0.15) is 10.4 Å². The largest absolute Gasteiger partial charge is 0.443 e. The van der Waals surface area contributed by atoms with E-state index in [-0.39, 0.29) is 6.04 Å². The summed E-state index contributed by atoms with van der Waals surface area (Å²) in [5.74, 6) is 0.445. The second-order valence-corrected chi connectivity index (χ2v) is 9.39. The van der Waals surface area contributed by atoms with Crippen LogP contribution in [0.15, 0.2) is 31.0 Å². The van der Waals surface area contributed by atoms with Crippen molar-refractivity contribution in [3.63, 3.8) is 0 Å². The molecule has 11 nitrogen and oxygen atoms in total. The van der Waals surface area contributed by atoms with Gasteiger partial charge in [0.2, 0.25) is 0 Å². The third-order valence-corrected chi connectivity index (χ3v) is 5.83. The van der Waals surface area contributed by atoms with Gasteiger partial charge in [0.05, 0.1) is 30.4 Å². The number of ether oxygens (including phenoxy) is 1. The highest BCUT2D eigenvalue weighted by Gasteiger charge is 2.27. The molecule has 0 saturated heterocycles. The summed E-state index contributed by atoms with van der Waals surface area (Å²) in [7, 11) is 0. The number of nitrogens with one attached hydrogen (secondary N) is 2. The molecule has 1 saturated carbocycles. The summed E-state index contributed by atoms with van der Waals surface area (Å²) in [5.41, 5.74) is 5.64. The Morgan fingerprint density at radius 1 is 1.26 bits per heavy atom. The first-order valence-corrected chi connectivity index (χ1v) is 11.3. The van der Waals surface area contributed by atoms with E-state index < -0.39 is 17.7 Å². The molecule has 1 fully saturated rings. The molecule has 0 bridgehead atoms. The number of nitriles is 1. The standard InChI is InChI=1S/C23H28N8O3/c1-23(2,3)34-22(33)29-28-21(32)30-11-9-17-19(25-14-26-20(17)30)16-12-27-31(13-16)18(8-10-24)15-6-4-5-7-15/h9,11-15,18H,4-8H2,1-3H3,(H,28,32)(H,29,33)/t18-/m1/s1. The van der Waals surface area contributed by atoms with Crippen molar-refractivity contribution < 1.29 is 14.3 Å². The molecule has 3 aromatic rings. The van der Waals surface area contributed by atoms with Crippen molar-refractivity contribution in [1.29, 1.82) is 5.26 Å². The molecule has 1 atom stereocenters. The Morgan fingerprint density at radius 3 is 2.74 bits per heavy atom. The van der Waals surface area contributed by atoms with Crippen LogP contribution in [-0.4, -0.2) is 42.0 Å². The predicted octanol–water partition coefficient (Wildman–Crippen LogP) is 3.94. The van der Waals surface area contributed by atoms with Crippen molar-refractivity contribution in [2.45, 2.75) is 64.5 Å². The fourth-order valence-electron chi connectivity index (χ4n) is 4.37. The van der Waals surface area contributed by atoms with Crippen molar-refractivity contribution in [2.75, 3.05) is 0 Å². The Hall–Kier alpha value is -3.94. The summed E-state index contributed by atoms with van der Waals surface area (Å²) >= 11 is 0. The lowest BCUT2D eigenvalue weighted by atomic mass is 9.96. The fourth-order valence-corrected chi connectivity index (χ4v) is 4.37. The molecule has 0 radical (unpaired) electrons. The van der Waals surface area contributed by atoms with E-state index in [1.54, 1.807) is 39.2 Å². The molecular formula is C23H28N8O3. The lowest BCUT2D eigenvalue weighted by Gasteiger charge is -2.21. The monoisotopic (exact) mass is 464 g/mol. The fraction of sp³-hybridized carbons (Fsp3) is 0.478. The first kappa shape index (κ1) is 23.2. The smallest absolute Gasteiger partial charge is 0.426 e. The molecule has 3 aromatic heterocycles. The molecule has 34 heavy (non-hydrogen) atoms. The van der Waals surface area contributed by atoms with Crippen molar-refractivity contribution in [1.82, 2.24) is 35.2 Å². The topological polar surface area (TPSA) is 140 Å². The average Bonchev–Trinajstić information content (AvgIpc) is 3.55. The van der Waals surface area contributed by atoms with Crippen LogP contribution in [0.1, 0.15) is 58.9 Å². The van der Waals surface area contributed by atoms with Crippen LogP contribution in [0.4, 0.5) is 9.59 Å². The van der Waals surface area contributed by atoms with Crippen LogP contribution in [0, 0.1) is 17.2 Å². The lowest BCUT2D eigenvalue weighted by molar-refractivity contribution is 0.0505. The molecule has 1 aliphatic carbocycles. The summed E-state index contributed by atoms with van der Waals surface area (Å²) in [6.45, 7) is 5.18. The number of nitrogens with zero attached hydrogens (tertiary/aromatic N) is 6. The van der Waals surface area contributed by atoms with Crippen LogP contribution in [0.25, 0.3) is 22.3 Å². The van der Waals surface area contributed by atoms with Gasteiger partial charge < -0.3 is 4.74 Å². The van der Waals surface area contributed by atoms with E-state index in [2.05, 4.69) is 32.0 Å². The maximum absolute atomic E-state index is 12.6. The highest BCUT2D eigenvalue weighted by molar-refractivity contribution is 5.96. The molecule has 3 heterocycles. The molecule has 4 rings (SSSR count). The van der Waals surface area contributed by atoms with Gasteiger partial charge in [-0.05, 0) is 45.6 Å². The van der Waals surface area contributed by atoms with Gasteiger partial charge in [0.25, 0.3) is 0 Å². The van der Waals surface area contributed by atoms with Crippen LogP contribution in [0.3, 0.4) is 0 Å². The van der Waals surface area contributed by atoms with E-state index >= 15 is 0 Å². The van der Waals surface area contributed by atoms with Crippen molar-refractivity contribution in [3.05, 3.63) is 31.0 Å². The Labute approximate surface area is 197 Å². The minimum atomic E-state index is -0.769. The van der Waals surface area contributed by atoms with Crippen molar-refractivity contribution >= 4 is 23.2 Å². The van der Waals surface area contributed by atoms with E-state index in [1.807, 2.05) is 10.9 Å². The van der Waals surface area contributed by atoms with E-state index in [9.17, 15) is 14.9 Å². The molecule has 0 aliphatic heterocycles.